The molecule has 0 aromatic heterocycles. The number of nitrogens with zero attached hydrogens (tertiary/aromatic N) is 1. The number of rotatable bonds is 5. The predicted octanol–water partition coefficient (Wildman–Crippen LogP) is 3.17. The van der Waals surface area contributed by atoms with Crippen LogP contribution in [0.25, 0.3) is 11.1 Å². The van der Waals surface area contributed by atoms with E-state index in [4.69, 9.17) is 14.6 Å². The third-order valence-electron chi connectivity index (χ3n) is 6.94. The molecule has 3 aliphatic heterocycles. The molecule has 164 valence electrons. The summed E-state index contributed by atoms with van der Waals surface area (Å²) < 4.78 is 6.52. The molecule has 2 N–H and O–H groups in total. The molecule has 4 atom stereocenters. The van der Waals surface area contributed by atoms with Crippen LogP contribution in [0.4, 0.5) is 0 Å². The van der Waals surface area contributed by atoms with Gasteiger partial charge in [0.05, 0.1) is 11.7 Å². The summed E-state index contributed by atoms with van der Waals surface area (Å²) in [4.78, 5) is 22.3. The molecule has 1 spiro atoms. The fourth-order valence-corrected chi connectivity index (χ4v) is 5.74. The lowest BCUT2D eigenvalue weighted by Gasteiger charge is -2.29. The van der Waals surface area contributed by atoms with E-state index in [2.05, 4.69) is 64.8 Å². The van der Waals surface area contributed by atoms with E-state index in [0.717, 1.165) is 39.0 Å². The van der Waals surface area contributed by atoms with Crippen LogP contribution in [0.15, 0.2) is 54.6 Å². The molecule has 1 amide bonds. The van der Waals surface area contributed by atoms with Gasteiger partial charge in [-0.15, -0.1) is 0 Å². The number of ether oxygens (including phenoxy) is 1. The van der Waals surface area contributed by atoms with E-state index in [1.807, 2.05) is 0 Å². The molecule has 0 radical (unpaired) electrons. The van der Waals surface area contributed by atoms with Crippen molar-refractivity contribution in [1.82, 2.24) is 10.2 Å². The number of carbonyl (C=O) groups excluding carboxylic acids is 1. The second-order valence-electron chi connectivity index (χ2n) is 8.77. The summed E-state index contributed by atoms with van der Waals surface area (Å²) in [6.07, 6.45) is 2.63. The number of fused-ring (bicyclic) bond motifs is 1. The molecule has 0 aliphatic carbocycles. The summed E-state index contributed by atoms with van der Waals surface area (Å²) >= 11 is 0. The minimum absolute atomic E-state index is 0.00942. The maximum atomic E-state index is 11.4. The van der Waals surface area contributed by atoms with Crippen LogP contribution in [0.3, 0.4) is 0 Å². The van der Waals surface area contributed by atoms with Crippen LogP contribution in [-0.4, -0.2) is 53.7 Å². The first-order chi connectivity index (χ1) is 15.1. The Morgan fingerprint density at radius 3 is 2.68 bits per heavy atom. The number of hydrogen-bond acceptors (Lipinski definition) is 4. The predicted molar refractivity (Wildman–Crippen MR) is 118 cm³/mol. The van der Waals surface area contributed by atoms with Crippen LogP contribution >= 0.6 is 0 Å². The maximum Gasteiger partial charge on any atom is 0.290 e. The van der Waals surface area contributed by atoms with Gasteiger partial charge in [-0.05, 0) is 29.5 Å². The van der Waals surface area contributed by atoms with Gasteiger partial charge in [0.1, 0.15) is 0 Å². The average Bonchev–Trinajstić information content (AvgIpc) is 3.42. The molecule has 3 heterocycles. The van der Waals surface area contributed by atoms with E-state index in [-0.39, 0.29) is 18.0 Å². The SMILES string of the molecule is CC(=O)NC[C@H]1[C@H]2CN(Cc3ccccc3-c3ccccc3)C[C@]23CC[C@H]1O3.O=CO. The first kappa shape index (κ1) is 21.5. The van der Waals surface area contributed by atoms with E-state index < -0.39 is 0 Å². The van der Waals surface area contributed by atoms with Gasteiger partial charge >= 0.3 is 0 Å². The summed E-state index contributed by atoms with van der Waals surface area (Å²) in [7, 11) is 0. The van der Waals surface area contributed by atoms with Crippen LogP contribution in [0.2, 0.25) is 0 Å². The summed E-state index contributed by atoms with van der Waals surface area (Å²) in [5.74, 6) is 1.04. The lowest BCUT2D eigenvalue weighted by molar-refractivity contribution is -0.123. The number of likely N-dealkylation sites (tertiary alicyclic amines) is 1. The van der Waals surface area contributed by atoms with Crippen molar-refractivity contribution in [2.24, 2.45) is 11.8 Å². The Morgan fingerprint density at radius 1 is 1.23 bits per heavy atom. The molecule has 0 saturated carbocycles. The molecule has 2 bridgehead atoms. The number of hydrogen-bond donors (Lipinski definition) is 2. The highest BCUT2D eigenvalue weighted by Gasteiger charge is 2.62. The van der Waals surface area contributed by atoms with E-state index in [1.54, 1.807) is 6.92 Å². The second-order valence-corrected chi connectivity index (χ2v) is 8.77. The van der Waals surface area contributed by atoms with Gasteiger partial charge in [0.15, 0.2) is 0 Å². The number of nitrogens with one attached hydrogen (secondary N) is 1. The number of benzene rings is 2. The normalized spacial score (nSPS) is 28.5. The largest absolute Gasteiger partial charge is 0.483 e. The molecule has 3 aliphatic rings. The summed E-state index contributed by atoms with van der Waals surface area (Å²) in [6.45, 7) is 5.12. The van der Waals surface area contributed by atoms with Crippen LogP contribution in [0.1, 0.15) is 25.3 Å². The van der Waals surface area contributed by atoms with Gasteiger partial charge in [-0.25, -0.2) is 0 Å². The Hall–Kier alpha value is -2.70. The van der Waals surface area contributed by atoms with Crippen LogP contribution < -0.4 is 5.32 Å². The minimum Gasteiger partial charge on any atom is -0.483 e. The summed E-state index contributed by atoms with van der Waals surface area (Å²) in [5, 5.41) is 9.93. The lowest BCUT2D eigenvalue weighted by atomic mass is 9.73. The molecular weight excluding hydrogens is 392 g/mol. The Labute approximate surface area is 183 Å². The van der Waals surface area contributed by atoms with Crippen molar-refractivity contribution in [3.8, 4) is 11.1 Å². The fourth-order valence-electron chi connectivity index (χ4n) is 5.74. The highest BCUT2D eigenvalue weighted by molar-refractivity contribution is 5.72. The molecular formula is C25H30N2O4. The van der Waals surface area contributed by atoms with Crippen molar-refractivity contribution in [2.75, 3.05) is 19.6 Å². The highest BCUT2D eigenvalue weighted by Crippen LogP contribution is 2.54. The van der Waals surface area contributed by atoms with E-state index in [9.17, 15) is 4.79 Å². The number of carboxylic acid groups (broad SMARTS) is 1. The fraction of sp³-hybridized carbons (Fsp3) is 0.440. The molecule has 3 fully saturated rings. The monoisotopic (exact) mass is 422 g/mol. The van der Waals surface area contributed by atoms with E-state index in [0.29, 0.717) is 17.9 Å². The Kier molecular flexibility index (Phi) is 6.39. The Balaban J connectivity index is 0.000000730. The van der Waals surface area contributed by atoms with Gasteiger partial charge in [0.25, 0.3) is 6.47 Å². The summed E-state index contributed by atoms with van der Waals surface area (Å²) in [5.41, 5.74) is 3.97. The van der Waals surface area contributed by atoms with E-state index in [1.165, 1.54) is 16.7 Å². The smallest absolute Gasteiger partial charge is 0.290 e. The molecule has 0 unspecified atom stereocenters. The zero-order chi connectivity index (χ0) is 21.8. The first-order valence-electron chi connectivity index (χ1n) is 10.9. The first-order valence-corrected chi connectivity index (χ1v) is 10.9. The van der Waals surface area contributed by atoms with Crippen molar-refractivity contribution < 1.29 is 19.4 Å². The minimum atomic E-state index is -0.250. The molecule has 2 aromatic rings. The molecule has 2 aromatic carbocycles. The van der Waals surface area contributed by atoms with Crippen molar-refractivity contribution >= 4 is 12.4 Å². The maximum absolute atomic E-state index is 11.4. The Bertz CT molecular complexity index is 919. The third-order valence-corrected chi connectivity index (χ3v) is 6.94. The second kappa shape index (κ2) is 9.20. The van der Waals surface area contributed by atoms with Gasteiger partial charge in [-0.3, -0.25) is 14.5 Å². The zero-order valence-corrected chi connectivity index (χ0v) is 17.9. The van der Waals surface area contributed by atoms with Gasteiger partial charge in [-0.1, -0.05) is 54.6 Å². The molecule has 6 heteroatoms. The van der Waals surface area contributed by atoms with Crippen LogP contribution in [-0.2, 0) is 20.9 Å². The van der Waals surface area contributed by atoms with Gasteiger partial charge in [0.2, 0.25) is 5.91 Å². The average molecular weight is 423 g/mol. The number of carbonyl (C=O) groups is 2. The standard InChI is InChI=1S/C24H28N2O2.CH2O2/c1-17(27)25-13-21-22-15-26(16-24(22)12-11-23(21)28-24)14-19-9-5-6-10-20(19)18-7-3-2-4-8-18;2-1-3/h2-10,21-23H,11-16H2,1H3,(H,25,27);1H,(H,2,3)/t21-,22+,23+,24+;/m0./s1. The third kappa shape index (κ3) is 4.36. The van der Waals surface area contributed by atoms with Crippen molar-refractivity contribution in [1.29, 1.82) is 0 Å². The van der Waals surface area contributed by atoms with Crippen molar-refractivity contribution in [2.45, 2.75) is 38.0 Å². The summed E-state index contributed by atoms with van der Waals surface area (Å²) in [6, 6.07) is 19.4. The molecule has 31 heavy (non-hydrogen) atoms. The van der Waals surface area contributed by atoms with Crippen molar-refractivity contribution in [3.63, 3.8) is 0 Å². The van der Waals surface area contributed by atoms with Gasteiger partial charge in [0, 0.05) is 44.9 Å². The zero-order valence-electron chi connectivity index (χ0n) is 17.9. The highest BCUT2D eigenvalue weighted by atomic mass is 16.5. The number of amides is 1. The molecule has 6 nitrogen and oxygen atoms in total. The topological polar surface area (TPSA) is 78.9 Å². The quantitative estimate of drug-likeness (QED) is 0.724. The van der Waals surface area contributed by atoms with Crippen molar-refractivity contribution in [3.05, 3.63) is 60.2 Å². The van der Waals surface area contributed by atoms with Gasteiger partial charge in [-0.2, -0.15) is 0 Å². The molecule has 5 rings (SSSR count). The van der Waals surface area contributed by atoms with Gasteiger partial charge < -0.3 is 15.2 Å². The van der Waals surface area contributed by atoms with Crippen LogP contribution in [0, 0.1) is 11.8 Å². The molecule has 3 saturated heterocycles. The van der Waals surface area contributed by atoms with E-state index >= 15 is 0 Å². The Morgan fingerprint density at radius 2 is 1.94 bits per heavy atom. The lowest BCUT2D eigenvalue weighted by Crippen LogP contribution is -2.41. The van der Waals surface area contributed by atoms with Crippen LogP contribution in [0.5, 0.6) is 0 Å².